The van der Waals surface area contributed by atoms with E-state index in [1.54, 1.807) is 42.5 Å². The predicted molar refractivity (Wildman–Crippen MR) is 160 cm³/mol. The van der Waals surface area contributed by atoms with Crippen molar-refractivity contribution in [1.29, 1.82) is 5.26 Å². The topological polar surface area (TPSA) is 139 Å². The fraction of sp³-hybridized carbons (Fsp3) is 0.355. The molecule has 5 rings (SSSR count). The maximum Gasteiger partial charge on any atom is 0.407 e. The Hall–Kier alpha value is -4.43. The maximum absolute atomic E-state index is 13.6. The lowest BCUT2D eigenvalue weighted by Gasteiger charge is -2.31. The summed E-state index contributed by atoms with van der Waals surface area (Å²) in [6.45, 7) is 5.73. The first-order valence-corrected chi connectivity index (χ1v) is 15.5. The van der Waals surface area contributed by atoms with Crippen molar-refractivity contribution in [3.63, 3.8) is 0 Å². The van der Waals surface area contributed by atoms with Gasteiger partial charge in [0.1, 0.15) is 11.7 Å². The van der Waals surface area contributed by atoms with Crippen LogP contribution in [0.4, 0.5) is 10.7 Å². The summed E-state index contributed by atoms with van der Waals surface area (Å²) in [7, 11) is -3.90. The number of ether oxygens (including phenoxy) is 1. The van der Waals surface area contributed by atoms with E-state index in [1.807, 2.05) is 32.9 Å². The Morgan fingerprint density at radius 3 is 2.57 bits per heavy atom. The second-order valence-electron chi connectivity index (χ2n) is 11.1. The van der Waals surface area contributed by atoms with Gasteiger partial charge in [-0.1, -0.05) is 43.3 Å². The summed E-state index contributed by atoms with van der Waals surface area (Å²) in [5.41, 5.74) is 1.02. The number of para-hydroxylation sites is 1. The summed E-state index contributed by atoms with van der Waals surface area (Å²) in [6, 6.07) is 17.4. The predicted octanol–water partition coefficient (Wildman–Crippen LogP) is 5.84. The minimum Gasteiger partial charge on any atom is -0.444 e. The Kier molecular flexibility index (Phi) is 8.18. The first-order valence-electron chi connectivity index (χ1n) is 14.1. The molecule has 0 unspecified atom stereocenters. The van der Waals surface area contributed by atoms with Crippen LogP contribution < -0.4 is 10.6 Å². The van der Waals surface area contributed by atoms with E-state index < -0.39 is 21.7 Å². The van der Waals surface area contributed by atoms with Crippen LogP contribution in [-0.2, 0) is 14.8 Å². The van der Waals surface area contributed by atoms with E-state index >= 15 is 0 Å². The van der Waals surface area contributed by atoms with Crippen LogP contribution in [0.15, 0.2) is 71.9 Å². The van der Waals surface area contributed by atoms with Crippen LogP contribution >= 0.6 is 0 Å². The number of nitriles is 1. The van der Waals surface area contributed by atoms with Gasteiger partial charge in [0.05, 0.1) is 27.9 Å². The van der Waals surface area contributed by atoms with Crippen molar-refractivity contribution in [2.24, 2.45) is 0 Å². The standard InChI is InChI=1S/C31H34N6O4S/c1-4-31(2,3)41-30(38)35-23-12-10-11-22(17-23)34-29-33-19-21(18-32)28(36-29)26-20-37(27-16-9-8-15-25(26)27)42(39,40)24-13-6-5-7-14-24/h5-9,13-16,19-20,22-23H,4,10-12,17H2,1-3H3,(H,35,38)(H,33,34,36)/t22-,23+/m1/s1. The number of nitrogens with one attached hydrogen (secondary N) is 2. The summed E-state index contributed by atoms with van der Waals surface area (Å²) in [5.74, 6) is 0.326. The van der Waals surface area contributed by atoms with Crippen molar-refractivity contribution in [2.45, 2.75) is 75.5 Å². The summed E-state index contributed by atoms with van der Waals surface area (Å²) < 4.78 is 34.0. The molecule has 2 atom stereocenters. The number of hydrogen-bond donors (Lipinski definition) is 2. The van der Waals surface area contributed by atoms with Crippen molar-refractivity contribution in [3.05, 3.63) is 72.6 Å². The SMILES string of the molecule is CCC(C)(C)OC(=O)N[C@H]1CCC[C@@H](Nc2ncc(C#N)c(-c3cn(S(=O)(=O)c4ccccc4)c4ccccc34)n2)C1. The number of aromatic nitrogens is 3. The minimum absolute atomic E-state index is 0.0104. The molecule has 0 saturated heterocycles. The number of carbonyl (C=O) groups is 1. The summed E-state index contributed by atoms with van der Waals surface area (Å²) in [5, 5.41) is 16.9. The Balaban J connectivity index is 1.43. The molecule has 11 heteroatoms. The highest BCUT2D eigenvalue weighted by Crippen LogP contribution is 2.34. The van der Waals surface area contributed by atoms with Gasteiger partial charge in [-0.05, 0) is 64.2 Å². The first-order chi connectivity index (χ1) is 20.1. The van der Waals surface area contributed by atoms with E-state index in [-0.39, 0.29) is 22.5 Å². The molecule has 1 saturated carbocycles. The smallest absolute Gasteiger partial charge is 0.407 e. The zero-order chi connectivity index (χ0) is 29.9. The van der Waals surface area contributed by atoms with Gasteiger partial charge in [0.2, 0.25) is 5.95 Å². The fourth-order valence-corrected chi connectivity index (χ4v) is 6.53. The Morgan fingerprint density at radius 2 is 1.83 bits per heavy atom. The van der Waals surface area contributed by atoms with Crippen molar-refractivity contribution < 1.29 is 17.9 Å². The zero-order valence-corrected chi connectivity index (χ0v) is 24.7. The van der Waals surface area contributed by atoms with Gasteiger partial charge in [-0.2, -0.15) is 5.26 Å². The minimum atomic E-state index is -3.90. The van der Waals surface area contributed by atoms with Gasteiger partial charge in [0, 0.05) is 29.2 Å². The average Bonchev–Trinajstić information content (AvgIpc) is 3.38. The van der Waals surface area contributed by atoms with E-state index in [1.165, 1.54) is 16.4 Å². The van der Waals surface area contributed by atoms with Gasteiger partial charge >= 0.3 is 6.09 Å². The molecule has 1 aliphatic carbocycles. The molecule has 2 aromatic carbocycles. The molecule has 1 amide bonds. The Bertz CT molecular complexity index is 1740. The second-order valence-corrected chi connectivity index (χ2v) is 12.9. The third-order valence-electron chi connectivity index (χ3n) is 7.69. The summed E-state index contributed by atoms with van der Waals surface area (Å²) in [4.78, 5) is 21.7. The highest BCUT2D eigenvalue weighted by molar-refractivity contribution is 7.90. The lowest BCUT2D eigenvalue weighted by atomic mass is 9.91. The highest BCUT2D eigenvalue weighted by Gasteiger charge is 2.28. The number of fused-ring (bicyclic) bond motifs is 1. The van der Waals surface area contributed by atoms with Crippen LogP contribution in [0.2, 0.25) is 0 Å². The van der Waals surface area contributed by atoms with Gasteiger partial charge < -0.3 is 15.4 Å². The molecule has 0 radical (unpaired) electrons. The number of benzene rings is 2. The van der Waals surface area contributed by atoms with E-state index in [0.29, 0.717) is 41.0 Å². The highest BCUT2D eigenvalue weighted by atomic mass is 32.2. The molecule has 4 aromatic rings. The monoisotopic (exact) mass is 586 g/mol. The van der Waals surface area contributed by atoms with Crippen molar-refractivity contribution in [2.75, 3.05) is 5.32 Å². The molecule has 2 aromatic heterocycles. The summed E-state index contributed by atoms with van der Waals surface area (Å²) >= 11 is 0. The molecule has 2 heterocycles. The number of hydrogen-bond acceptors (Lipinski definition) is 8. The van der Waals surface area contributed by atoms with Crippen LogP contribution in [-0.4, -0.2) is 46.1 Å². The van der Waals surface area contributed by atoms with Crippen LogP contribution in [0.3, 0.4) is 0 Å². The van der Waals surface area contributed by atoms with Crippen LogP contribution in [0.5, 0.6) is 0 Å². The number of anilines is 1. The van der Waals surface area contributed by atoms with E-state index in [9.17, 15) is 18.5 Å². The zero-order valence-electron chi connectivity index (χ0n) is 23.9. The van der Waals surface area contributed by atoms with Gasteiger partial charge in [-0.3, -0.25) is 0 Å². The number of carbonyl (C=O) groups excluding carboxylic acids is 1. The second kappa shape index (κ2) is 11.8. The quantitative estimate of drug-likeness (QED) is 0.262. The molecular formula is C31H34N6O4S. The van der Waals surface area contributed by atoms with Crippen LogP contribution in [0, 0.1) is 11.3 Å². The Morgan fingerprint density at radius 1 is 1.12 bits per heavy atom. The lowest BCUT2D eigenvalue weighted by Crippen LogP contribution is -2.44. The number of rotatable bonds is 8. The maximum atomic E-state index is 13.6. The van der Waals surface area contributed by atoms with Gasteiger partial charge in [0.15, 0.2) is 0 Å². The molecule has 10 nitrogen and oxygen atoms in total. The number of amides is 1. The van der Waals surface area contributed by atoms with Crippen molar-refractivity contribution in [1.82, 2.24) is 19.3 Å². The molecule has 0 spiro atoms. The molecule has 42 heavy (non-hydrogen) atoms. The average molecular weight is 587 g/mol. The van der Waals surface area contributed by atoms with Gasteiger partial charge in [-0.25, -0.2) is 27.2 Å². The third kappa shape index (κ3) is 6.09. The van der Waals surface area contributed by atoms with Gasteiger partial charge in [-0.15, -0.1) is 0 Å². The third-order valence-corrected chi connectivity index (χ3v) is 9.38. The van der Waals surface area contributed by atoms with Crippen molar-refractivity contribution >= 4 is 33.0 Å². The molecule has 0 aliphatic heterocycles. The largest absolute Gasteiger partial charge is 0.444 e. The van der Waals surface area contributed by atoms with Crippen LogP contribution in [0.25, 0.3) is 22.2 Å². The lowest BCUT2D eigenvalue weighted by molar-refractivity contribution is 0.0332. The van der Waals surface area contributed by atoms with Gasteiger partial charge in [0.25, 0.3) is 10.0 Å². The summed E-state index contributed by atoms with van der Waals surface area (Å²) in [6.07, 6.45) is 6.52. The molecular weight excluding hydrogens is 552 g/mol. The number of alkyl carbamates (subject to hydrolysis) is 1. The van der Waals surface area contributed by atoms with Crippen molar-refractivity contribution in [3.8, 4) is 17.3 Å². The molecule has 1 fully saturated rings. The first kappa shape index (κ1) is 29.1. The molecule has 0 bridgehead atoms. The van der Waals surface area contributed by atoms with E-state index in [2.05, 4.69) is 21.7 Å². The Labute approximate surface area is 245 Å². The fourth-order valence-electron chi connectivity index (χ4n) is 5.14. The number of nitrogens with zero attached hydrogens (tertiary/aromatic N) is 4. The molecule has 2 N–H and O–H groups in total. The van der Waals surface area contributed by atoms with Crippen LogP contribution in [0.1, 0.15) is 58.4 Å². The normalized spacial score (nSPS) is 17.4. The molecule has 218 valence electrons. The van der Waals surface area contributed by atoms with E-state index in [0.717, 1.165) is 19.3 Å². The van der Waals surface area contributed by atoms with E-state index in [4.69, 9.17) is 9.72 Å². The molecule has 1 aliphatic rings.